The Morgan fingerprint density at radius 2 is 2.33 bits per heavy atom. The van der Waals surface area contributed by atoms with Gasteiger partial charge in [0.2, 0.25) is 11.9 Å². The van der Waals surface area contributed by atoms with Crippen molar-refractivity contribution in [3.05, 3.63) is 6.33 Å². The number of nitrogens with zero attached hydrogens (tertiary/aromatic N) is 4. The van der Waals surface area contributed by atoms with Crippen LogP contribution in [0.2, 0.25) is 0 Å². The third-order valence-corrected chi connectivity index (χ3v) is 4.64. The summed E-state index contributed by atoms with van der Waals surface area (Å²) in [7, 11) is -3.02. The molecule has 0 saturated carbocycles. The molecule has 1 aliphatic rings. The fraction of sp³-hybridized carbons (Fsp3) is 0.667. The van der Waals surface area contributed by atoms with E-state index in [9.17, 15) is 13.2 Å². The van der Waals surface area contributed by atoms with E-state index in [4.69, 9.17) is 5.73 Å². The van der Waals surface area contributed by atoms with Gasteiger partial charge in [-0.3, -0.25) is 4.79 Å². The lowest BCUT2D eigenvalue weighted by Crippen LogP contribution is -2.50. The largest absolute Gasteiger partial charge is 0.367 e. The number of amides is 1. The average molecular weight is 273 g/mol. The maximum Gasteiger partial charge on any atom is 0.244 e. The van der Waals surface area contributed by atoms with Crippen molar-refractivity contribution >= 4 is 21.7 Å². The summed E-state index contributed by atoms with van der Waals surface area (Å²) >= 11 is 0. The highest BCUT2D eigenvalue weighted by molar-refractivity contribution is 7.91. The monoisotopic (exact) mass is 273 g/mol. The second-order valence-electron chi connectivity index (χ2n) is 4.35. The SMILES string of the molecule is CC1CS(=O)(=O)CCN1C(=O)Cn1cnc(N)n1. The zero-order valence-corrected chi connectivity index (χ0v) is 10.8. The first-order valence-corrected chi connectivity index (χ1v) is 7.34. The van der Waals surface area contributed by atoms with Crippen LogP contribution in [0.25, 0.3) is 0 Å². The van der Waals surface area contributed by atoms with Gasteiger partial charge < -0.3 is 10.6 Å². The van der Waals surface area contributed by atoms with E-state index in [1.54, 1.807) is 11.8 Å². The molecule has 18 heavy (non-hydrogen) atoms. The van der Waals surface area contributed by atoms with Crippen molar-refractivity contribution in [1.82, 2.24) is 19.7 Å². The molecule has 0 bridgehead atoms. The highest BCUT2D eigenvalue weighted by Crippen LogP contribution is 2.12. The van der Waals surface area contributed by atoms with Crippen molar-refractivity contribution in [2.45, 2.75) is 19.5 Å². The predicted octanol–water partition coefficient (Wildman–Crippen LogP) is -1.49. The van der Waals surface area contributed by atoms with E-state index >= 15 is 0 Å². The number of sulfone groups is 1. The number of aromatic nitrogens is 3. The fourth-order valence-corrected chi connectivity index (χ4v) is 3.54. The van der Waals surface area contributed by atoms with Crippen LogP contribution >= 0.6 is 0 Å². The van der Waals surface area contributed by atoms with Crippen LogP contribution in [0, 0.1) is 0 Å². The van der Waals surface area contributed by atoms with Gasteiger partial charge in [0, 0.05) is 12.6 Å². The summed E-state index contributed by atoms with van der Waals surface area (Å²) in [4.78, 5) is 17.3. The third kappa shape index (κ3) is 2.78. The molecule has 1 aromatic heterocycles. The summed E-state index contributed by atoms with van der Waals surface area (Å²) < 4.78 is 24.2. The Balaban J connectivity index is 2.02. The molecule has 0 spiro atoms. The van der Waals surface area contributed by atoms with Gasteiger partial charge in [0.25, 0.3) is 0 Å². The van der Waals surface area contributed by atoms with E-state index in [2.05, 4.69) is 10.1 Å². The van der Waals surface area contributed by atoms with Crippen molar-refractivity contribution < 1.29 is 13.2 Å². The average Bonchev–Trinajstić information content (AvgIpc) is 2.62. The Hall–Kier alpha value is -1.64. The summed E-state index contributed by atoms with van der Waals surface area (Å²) in [6, 6.07) is -0.308. The molecule has 1 fully saturated rings. The molecule has 0 radical (unpaired) electrons. The van der Waals surface area contributed by atoms with E-state index in [-0.39, 0.29) is 42.5 Å². The van der Waals surface area contributed by atoms with E-state index in [0.29, 0.717) is 0 Å². The van der Waals surface area contributed by atoms with Crippen LogP contribution in [0.5, 0.6) is 0 Å². The van der Waals surface area contributed by atoms with Crippen LogP contribution in [0.15, 0.2) is 6.33 Å². The molecular weight excluding hydrogens is 258 g/mol. The normalized spacial score (nSPS) is 22.9. The number of hydrogen-bond acceptors (Lipinski definition) is 6. The topological polar surface area (TPSA) is 111 Å². The van der Waals surface area contributed by atoms with Crippen LogP contribution in [0.3, 0.4) is 0 Å². The number of hydrogen-bond donors (Lipinski definition) is 1. The van der Waals surface area contributed by atoms with Gasteiger partial charge in [-0.1, -0.05) is 0 Å². The van der Waals surface area contributed by atoms with E-state index < -0.39 is 9.84 Å². The summed E-state index contributed by atoms with van der Waals surface area (Å²) in [5.74, 6) is -0.0414. The maximum atomic E-state index is 12.0. The van der Waals surface area contributed by atoms with Gasteiger partial charge in [-0.15, -0.1) is 5.10 Å². The Bertz CT molecular complexity index is 552. The Morgan fingerprint density at radius 1 is 1.61 bits per heavy atom. The minimum Gasteiger partial charge on any atom is -0.367 e. The molecule has 9 heteroatoms. The molecule has 1 aliphatic heterocycles. The van der Waals surface area contributed by atoms with Crippen LogP contribution < -0.4 is 5.73 Å². The number of nitrogens with two attached hydrogens (primary N) is 1. The van der Waals surface area contributed by atoms with Crippen molar-refractivity contribution in [3.63, 3.8) is 0 Å². The second kappa shape index (κ2) is 4.56. The Labute approximate surface area is 105 Å². The lowest BCUT2D eigenvalue weighted by molar-refractivity contribution is -0.133. The van der Waals surface area contributed by atoms with Crippen LogP contribution in [-0.4, -0.2) is 58.1 Å². The first kappa shape index (κ1) is 12.8. The van der Waals surface area contributed by atoms with E-state index in [1.807, 2.05) is 0 Å². The molecule has 0 aromatic carbocycles. The van der Waals surface area contributed by atoms with Gasteiger partial charge in [-0.05, 0) is 6.92 Å². The van der Waals surface area contributed by atoms with Crippen LogP contribution in [0.1, 0.15) is 6.92 Å². The molecule has 2 heterocycles. The van der Waals surface area contributed by atoms with Crippen LogP contribution in [0.4, 0.5) is 5.95 Å². The minimum atomic E-state index is -3.02. The number of anilines is 1. The van der Waals surface area contributed by atoms with Crippen LogP contribution in [-0.2, 0) is 21.2 Å². The quantitative estimate of drug-likeness (QED) is 0.702. The van der Waals surface area contributed by atoms with Crippen molar-refractivity contribution in [2.24, 2.45) is 0 Å². The smallest absolute Gasteiger partial charge is 0.244 e. The molecule has 1 amide bonds. The van der Waals surface area contributed by atoms with Gasteiger partial charge in [-0.25, -0.2) is 18.1 Å². The second-order valence-corrected chi connectivity index (χ2v) is 6.58. The number of nitrogen functional groups attached to an aromatic ring is 1. The summed E-state index contributed by atoms with van der Waals surface area (Å²) in [6.07, 6.45) is 1.37. The molecule has 0 aliphatic carbocycles. The highest BCUT2D eigenvalue weighted by Gasteiger charge is 2.31. The highest BCUT2D eigenvalue weighted by atomic mass is 32.2. The Morgan fingerprint density at radius 3 is 2.89 bits per heavy atom. The van der Waals surface area contributed by atoms with Crippen molar-refractivity contribution in [3.8, 4) is 0 Å². The summed E-state index contributed by atoms with van der Waals surface area (Å²) in [5.41, 5.74) is 5.35. The fourth-order valence-electron chi connectivity index (χ4n) is 1.98. The number of carbonyl (C=O) groups excluding carboxylic acids is 1. The van der Waals surface area contributed by atoms with E-state index in [0.717, 1.165) is 0 Å². The molecule has 1 aromatic rings. The molecule has 1 atom stereocenters. The molecule has 2 N–H and O–H groups in total. The number of rotatable bonds is 2. The minimum absolute atomic E-state index is 0.0121. The first-order valence-electron chi connectivity index (χ1n) is 5.52. The lowest BCUT2D eigenvalue weighted by atomic mass is 10.3. The maximum absolute atomic E-state index is 12.0. The molecule has 8 nitrogen and oxygen atoms in total. The lowest BCUT2D eigenvalue weighted by Gasteiger charge is -2.33. The predicted molar refractivity (Wildman–Crippen MR) is 64.3 cm³/mol. The summed E-state index contributed by atoms with van der Waals surface area (Å²) in [5, 5.41) is 3.82. The Kier molecular flexibility index (Phi) is 3.24. The number of carbonyl (C=O) groups is 1. The third-order valence-electron chi connectivity index (χ3n) is 2.84. The van der Waals surface area contributed by atoms with Gasteiger partial charge in [0.15, 0.2) is 9.84 Å². The molecule has 1 unspecified atom stereocenters. The van der Waals surface area contributed by atoms with Gasteiger partial charge in [0.05, 0.1) is 11.5 Å². The van der Waals surface area contributed by atoms with E-state index in [1.165, 1.54) is 11.0 Å². The van der Waals surface area contributed by atoms with Crippen molar-refractivity contribution in [2.75, 3.05) is 23.8 Å². The molecule has 2 rings (SSSR count). The first-order chi connectivity index (χ1) is 8.37. The zero-order chi connectivity index (χ0) is 13.3. The molecule has 100 valence electrons. The standard InChI is InChI=1S/C9H15N5O3S/c1-7-5-18(16,17)3-2-14(7)8(15)4-13-6-11-9(10)12-13/h6-7H,2-5H2,1H3,(H2,10,12). The van der Waals surface area contributed by atoms with Gasteiger partial charge in [-0.2, -0.15) is 0 Å². The van der Waals surface area contributed by atoms with Gasteiger partial charge >= 0.3 is 0 Å². The summed E-state index contributed by atoms with van der Waals surface area (Å²) in [6.45, 7) is 1.98. The molecule has 1 saturated heterocycles. The zero-order valence-electron chi connectivity index (χ0n) is 9.98. The molecular formula is C9H15N5O3S. The van der Waals surface area contributed by atoms with Gasteiger partial charge in [0.1, 0.15) is 12.9 Å². The van der Waals surface area contributed by atoms with Crippen molar-refractivity contribution in [1.29, 1.82) is 0 Å².